The molecule has 3 rings (SSSR count). The largest absolute Gasteiger partial charge is 0.363 e. The van der Waals surface area contributed by atoms with Crippen LogP contribution in [0.3, 0.4) is 0 Å². The molecule has 5 nitrogen and oxygen atoms in total. The molecule has 114 valence electrons. The topological polar surface area (TPSA) is 72.0 Å². The zero-order valence-corrected chi connectivity index (χ0v) is 13.8. The monoisotopic (exact) mass is 333 g/mol. The lowest BCUT2D eigenvalue weighted by Gasteiger charge is -2.15. The quantitative estimate of drug-likeness (QED) is 0.793. The smallest absolute Gasteiger partial charge is 0.175 e. The van der Waals surface area contributed by atoms with Crippen molar-refractivity contribution < 1.29 is 8.42 Å². The normalized spacial score (nSPS) is 13.2. The van der Waals surface area contributed by atoms with Crippen LogP contribution in [0.2, 0.25) is 0 Å². The van der Waals surface area contributed by atoms with E-state index in [4.69, 9.17) is 0 Å². The van der Waals surface area contributed by atoms with Gasteiger partial charge in [-0.15, -0.1) is 11.3 Å². The third-order valence-electron chi connectivity index (χ3n) is 3.42. The van der Waals surface area contributed by atoms with Crippen molar-refractivity contribution >= 4 is 37.2 Å². The zero-order chi connectivity index (χ0) is 15.7. The summed E-state index contributed by atoms with van der Waals surface area (Å²) in [5, 5.41) is 6.33. The Morgan fingerprint density at radius 1 is 1.14 bits per heavy atom. The van der Waals surface area contributed by atoms with Crippen molar-refractivity contribution in [3.8, 4) is 0 Å². The minimum atomic E-state index is -3.17. The molecular weight excluding hydrogens is 318 g/mol. The van der Waals surface area contributed by atoms with Gasteiger partial charge in [0.25, 0.3) is 0 Å². The first kappa shape index (κ1) is 14.9. The molecule has 0 aliphatic carbocycles. The molecule has 1 N–H and O–H groups in total. The predicted molar refractivity (Wildman–Crippen MR) is 89.0 cm³/mol. The minimum absolute atomic E-state index is 0.00612. The number of rotatable bonds is 4. The molecule has 0 saturated heterocycles. The van der Waals surface area contributed by atoms with Crippen molar-refractivity contribution in [2.45, 2.75) is 17.9 Å². The van der Waals surface area contributed by atoms with Gasteiger partial charge in [-0.1, -0.05) is 12.1 Å². The lowest BCUT2D eigenvalue weighted by Crippen LogP contribution is -2.08. The fourth-order valence-electron chi connectivity index (χ4n) is 2.20. The molecule has 0 aliphatic rings. The molecule has 0 fully saturated rings. The Balaban J connectivity index is 1.85. The molecule has 0 saturated carbocycles. The van der Waals surface area contributed by atoms with Crippen molar-refractivity contribution in [3.05, 3.63) is 47.6 Å². The standard InChI is InChI=1S/C15H15N3O2S2/c1-10(11-3-5-12(6-4-11)22(2,19)20)18-14-13-7-8-21-15(13)17-9-16-14/h3-10H,1-2H3,(H,16,17,18). The number of thiophene rings is 1. The van der Waals surface area contributed by atoms with Gasteiger partial charge in [-0.3, -0.25) is 0 Å². The fourth-order valence-corrected chi connectivity index (χ4v) is 3.56. The number of benzene rings is 1. The zero-order valence-electron chi connectivity index (χ0n) is 12.1. The van der Waals surface area contributed by atoms with Crippen molar-refractivity contribution in [3.63, 3.8) is 0 Å². The molecule has 3 aromatic rings. The lowest BCUT2D eigenvalue weighted by atomic mass is 10.1. The number of aromatic nitrogens is 2. The lowest BCUT2D eigenvalue weighted by molar-refractivity contribution is 0.602. The van der Waals surface area contributed by atoms with Gasteiger partial charge in [0.1, 0.15) is 17.0 Å². The number of anilines is 1. The van der Waals surface area contributed by atoms with Gasteiger partial charge in [-0.25, -0.2) is 18.4 Å². The van der Waals surface area contributed by atoms with E-state index in [-0.39, 0.29) is 6.04 Å². The molecule has 0 amide bonds. The van der Waals surface area contributed by atoms with Crippen LogP contribution in [-0.4, -0.2) is 24.6 Å². The van der Waals surface area contributed by atoms with Gasteiger partial charge < -0.3 is 5.32 Å². The molecule has 0 radical (unpaired) electrons. The molecule has 1 atom stereocenters. The van der Waals surface area contributed by atoms with Crippen LogP contribution in [-0.2, 0) is 9.84 Å². The van der Waals surface area contributed by atoms with E-state index in [1.165, 1.54) is 6.26 Å². The molecule has 1 aromatic carbocycles. The molecule has 7 heteroatoms. The van der Waals surface area contributed by atoms with Gasteiger partial charge in [-0.05, 0) is 36.1 Å². The first-order valence-electron chi connectivity index (χ1n) is 6.70. The van der Waals surface area contributed by atoms with Crippen LogP contribution >= 0.6 is 11.3 Å². The van der Waals surface area contributed by atoms with Crippen LogP contribution in [0.5, 0.6) is 0 Å². The van der Waals surface area contributed by atoms with Crippen molar-refractivity contribution in [2.24, 2.45) is 0 Å². The second-order valence-electron chi connectivity index (χ2n) is 5.07. The number of nitrogens with zero attached hydrogens (tertiary/aromatic N) is 2. The number of sulfone groups is 1. The molecule has 22 heavy (non-hydrogen) atoms. The molecule has 0 spiro atoms. The van der Waals surface area contributed by atoms with Crippen LogP contribution in [0.15, 0.2) is 46.9 Å². The van der Waals surface area contributed by atoms with Gasteiger partial charge in [0.05, 0.1) is 10.3 Å². The SMILES string of the molecule is CC(Nc1ncnc2sccc12)c1ccc(S(C)(=O)=O)cc1. The Bertz CT molecular complexity index is 902. The van der Waals surface area contributed by atoms with E-state index in [2.05, 4.69) is 15.3 Å². The second-order valence-corrected chi connectivity index (χ2v) is 7.98. The highest BCUT2D eigenvalue weighted by atomic mass is 32.2. The predicted octanol–water partition coefficient (Wildman–Crippen LogP) is 3.27. The highest BCUT2D eigenvalue weighted by Gasteiger charge is 2.12. The Morgan fingerprint density at radius 2 is 1.86 bits per heavy atom. The average Bonchev–Trinajstić information content (AvgIpc) is 2.96. The van der Waals surface area contributed by atoms with Gasteiger partial charge in [-0.2, -0.15) is 0 Å². The van der Waals surface area contributed by atoms with Gasteiger partial charge >= 0.3 is 0 Å². The Kier molecular flexibility index (Phi) is 3.84. The summed E-state index contributed by atoms with van der Waals surface area (Å²) in [7, 11) is -3.17. The summed E-state index contributed by atoms with van der Waals surface area (Å²) in [6.07, 6.45) is 2.75. The summed E-state index contributed by atoms with van der Waals surface area (Å²) >= 11 is 1.57. The fraction of sp³-hybridized carbons (Fsp3) is 0.200. The second kappa shape index (κ2) is 5.66. The summed E-state index contributed by atoms with van der Waals surface area (Å²) < 4.78 is 23.0. The summed E-state index contributed by atoms with van der Waals surface area (Å²) in [4.78, 5) is 9.78. The summed E-state index contributed by atoms with van der Waals surface area (Å²) in [6.45, 7) is 2.01. The van der Waals surface area contributed by atoms with Gasteiger partial charge in [0.15, 0.2) is 9.84 Å². The van der Waals surface area contributed by atoms with Crippen molar-refractivity contribution in [1.82, 2.24) is 9.97 Å². The number of hydrogen-bond acceptors (Lipinski definition) is 6. The van der Waals surface area contributed by atoms with E-state index in [0.717, 1.165) is 21.6 Å². The van der Waals surface area contributed by atoms with E-state index in [9.17, 15) is 8.42 Å². The van der Waals surface area contributed by atoms with E-state index >= 15 is 0 Å². The minimum Gasteiger partial charge on any atom is -0.363 e. The van der Waals surface area contributed by atoms with Crippen molar-refractivity contribution in [2.75, 3.05) is 11.6 Å². The molecule has 2 aromatic heterocycles. The Labute approximate surface area is 133 Å². The first-order chi connectivity index (χ1) is 10.4. The highest BCUT2D eigenvalue weighted by molar-refractivity contribution is 7.90. The highest BCUT2D eigenvalue weighted by Crippen LogP contribution is 2.27. The molecule has 2 heterocycles. The van der Waals surface area contributed by atoms with E-state index < -0.39 is 9.84 Å². The van der Waals surface area contributed by atoms with E-state index in [1.807, 2.05) is 30.5 Å². The third kappa shape index (κ3) is 2.95. The molecule has 1 unspecified atom stereocenters. The third-order valence-corrected chi connectivity index (χ3v) is 5.37. The van der Waals surface area contributed by atoms with Crippen LogP contribution in [0.4, 0.5) is 5.82 Å². The summed E-state index contributed by atoms with van der Waals surface area (Å²) in [5.74, 6) is 0.783. The molecule has 0 aliphatic heterocycles. The van der Waals surface area contributed by atoms with Crippen LogP contribution in [0, 0.1) is 0 Å². The maximum Gasteiger partial charge on any atom is 0.175 e. The van der Waals surface area contributed by atoms with Crippen LogP contribution in [0.1, 0.15) is 18.5 Å². The maximum absolute atomic E-state index is 11.5. The number of hydrogen-bond donors (Lipinski definition) is 1. The van der Waals surface area contributed by atoms with Gasteiger partial charge in [0.2, 0.25) is 0 Å². The number of fused-ring (bicyclic) bond motifs is 1. The van der Waals surface area contributed by atoms with E-state index in [0.29, 0.717) is 4.90 Å². The first-order valence-corrected chi connectivity index (χ1v) is 9.47. The summed E-state index contributed by atoms with van der Waals surface area (Å²) in [5.41, 5.74) is 0.995. The Hall–Kier alpha value is -1.99. The van der Waals surface area contributed by atoms with Crippen LogP contribution < -0.4 is 5.32 Å². The van der Waals surface area contributed by atoms with Gasteiger partial charge in [0, 0.05) is 12.3 Å². The van der Waals surface area contributed by atoms with E-state index in [1.54, 1.807) is 29.8 Å². The Morgan fingerprint density at radius 3 is 2.55 bits per heavy atom. The maximum atomic E-state index is 11.5. The summed E-state index contributed by atoms with van der Waals surface area (Å²) in [6, 6.07) is 8.89. The average molecular weight is 333 g/mol. The van der Waals surface area contributed by atoms with Crippen LogP contribution in [0.25, 0.3) is 10.2 Å². The number of nitrogens with one attached hydrogen (secondary N) is 1. The molecular formula is C15H15N3O2S2. The van der Waals surface area contributed by atoms with Crippen molar-refractivity contribution in [1.29, 1.82) is 0 Å². The molecule has 0 bridgehead atoms.